The summed E-state index contributed by atoms with van der Waals surface area (Å²) in [6.45, 7) is 5.83. The van der Waals surface area contributed by atoms with E-state index in [4.69, 9.17) is 19.3 Å². The first kappa shape index (κ1) is 31.2. The zero-order valence-corrected chi connectivity index (χ0v) is 23.5. The molecule has 2 fully saturated rings. The number of allylic oxidation sites excluding steroid dienone is 6. The van der Waals surface area contributed by atoms with Gasteiger partial charge in [0.25, 0.3) is 0 Å². The van der Waals surface area contributed by atoms with Gasteiger partial charge in [0.2, 0.25) is 0 Å². The van der Waals surface area contributed by atoms with Gasteiger partial charge in [-0.05, 0) is 32.6 Å². The average molecular weight is 543 g/mol. The van der Waals surface area contributed by atoms with Crippen LogP contribution in [0.25, 0.3) is 0 Å². The van der Waals surface area contributed by atoms with Gasteiger partial charge in [-0.15, -0.1) is 0 Å². The highest BCUT2D eigenvalue weighted by molar-refractivity contribution is 5.82. The largest absolute Gasteiger partial charge is 0.458 e. The zero-order valence-electron chi connectivity index (χ0n) is 23.5. The molecule has 0 aromatic heterocycles. The van der Waals surface area contributed by atoms with Gasteiger partial charge in [-0.2, -0.15) is 0 Å². The van der Waals surface area contributed by atoms with Crippen LogP contribution in [-0.4, -0.2) is 71.1 Å². The summed E-state index contributed by atoms with van der Waals surface area (Å²) < 4.78 is 18.5. The second kappa shape index (κ2) is 15.5. The number of rotatable bonds is 5. The van der Waals surface area contributed by atoms with Gasteiger partial charge in [-0.3, -0.25) is 0 Å². The van der Waals surface area contributed by atoms with Crippen molar-refractivity contribution in [2.75, 3.05) is 13.2 Å². The minimum atomic E-state index is -0.779. The van der Waals surface area contributed by atoms with Crippen LogP contribution in [0.1, 0.15) is 59.3 Å². The van der Waals surface area contributed by atoms with Gasteiger partial charge in [0.05, 0.1) is 42.5 Å². The van der Waals surface area contributed by atoms with Crippen LogP contribution in [0.4, 0.5) is 0 Å². The molecule has 8 unspecified atom stereocenters. The molecule has 0 aliphatic carbocycles. The SMILES string of the molecule is CC1=C/C2OC(C/C=C/C=C/C(=O)OC3CC(/C=C/C\C=C\1)OC(C/C=C\CCO)C3(C)CO)CC(O)C2C. The Balaban J connectivity index is 1.84. The maximum Gasteiger partial charge on any atom is 0.331 e. The lowest BCUT2D eigenvalue weighted by molar-refractivity contribution is -0.198. The molecule has 0 saturated carbocycles. The van der Waals surface area contributed by atoms with Gasteiger partial charge in [0, 0.05) is 31.4 Å². The summed E-state index contributed by atoms with van der Waals surface area (Å²) in [5, 5.41) is 30.0. The Morgan fingerprint density at radius 2 is 1.90 bits per heavy atom. The Morgan fingerprint density at radius 1 is 1.08 bits per heavy atom. The Bertz CT molecular complexity index is 962. The van der Waals surface area contributed by atoms with Crippen molar-refractivity contribution in [2.45, 2.75) is 95.9 Å². The molecule has 7 nitrogen and oxygen atoms in total. The van der Waals surface area contributed by atoms with Crippen LogP contribution < -0.4 is 0 Å². The molecule has 3 N–H and O–H groups in total. The number of fused-ring (bicyclic) bond motifs is 4. The van der Waals surface area contributed by atoms with Crippen LogP contribution in [0.15, 0.2) is 72.4 Å². The number of esters is 1. The fraction of sp³-hybridized carbons (Fsp3) is 0.594. The van der Waals surface area contributed by atoms with Gasteiger partial charge < -0.3 is 29.5 Å². The Hall–Kier alpha value is -2.29. The summed E-state index contributed by atoms with van der Waals surface area (Å²) in [5.41, 5.74) is 0.300. The normalized spacial score (nSPS) is 41.1. The lowest BCUT2D eigenvalue weighted by Gasteiger charge is -2.47. The third-order valence-electron chi connectivity index (χ3n) is 7.96. The topological polar surface area (TPSA) is 105 Å². The van der Waals surface area contributed by atoms with E-state index in [1.165, 1.54) is 6.08 Å². The minimum Gasteiger partial charge on any atom is -0.458 e. The van der Waals surface area contributed by atoms with Crippen LogP contribution in [0.3, 0.4) is 0 Å². The van der Waals surface area contributed by atoms with E-state index in [1.54, 1.807) is 12.2 Å². The van der Waals surface area contributed by atoms with Crippen LogP contribution in [0.2, 0.25) is 0 Å². The van der Waals surface area contributed by atoms with Gasteiger partial charge in [0.15, 0.2) is 0 Å². The lowest BCUT2D eigenvalue weighted by atomic mass is 9.73. The summed E-state index contributed by atoms with van der Waals surface area (Å²) in [4.78, 5) is 12.8. The fourth-order valence-corrected chi connectivity index (χ4v) is 5.30. The van der Waals surface area contributed by atoms with Crippen molar-refractivity contribution < 1.29 is 34.3 Å². The monoisotopic (exact) mass is 542 g/mol. The van der Waals surface area contributed by atoms with E-state index in [0.717, 1.165) is 5.57 Å². The van der Waals surface area contributed by atoms with Gasteiger partial charge in [-0.1, -0.05) is 80.2 Å². The molecule has 39 heavy (non-hydrogen) atoms. The highest BCUT2D eigenvalue weighted by atomic mass is 16.6. The summed E-state index contributed by atoms with van der Waals surface area (Å²) in [6, 6.07) is 0. The van der Waals surface area contributed by atoms with Crippen LogP contribution in [-0.2, 0) is 19.0 Å². The quantitative estimate of drug-likeness (QED) is 0.347. The molecule has 7 heteroatoms. The first-order valence-electron chi connectivity index (χ1n) is 14.2. The molecule has 3 aliphatic rings. The molecule has 0 radical (unpaired) electrons. The molecule has 216 valence electrons. The van der Waals surface area contributed by atoms with Crippen LogP contribution >= 0.6 is 0 Å². The predicted octanol–water partition coefficient (Wildman–Crippen LogP) is 4.50. The van der Waals surface area contributed by atoms with Crippen LogP contribution in [0, 0.1) is 11.3 Å². The third-order valence-corrected chi connectivity index (χ3v) is 7.96. The minimum absolute atomic E-state index is 0.00781. The number of carbonyl (C=O) groups is 1. The van der Waals surface area contributed by atoms with E-state index in [0.29, 0.717) is 38.5 Å². The molecule has 0 aromatic rings. The molecule has 3 aliphatic heterocycles. The first-order chi connectivity index (χ1) is 18.8. The highest BCUT2D eigenvalue weighted by Crippen LogP contribution is 2.41. The van der Waals surface area contributed by atoms with Crippen molar-refractivity contribution in [2.24, 2.45) is 11.3 Å². The van der Waals surface area contributed by atoms with Gasteiger partial charge in [-0.25, -0.2) is 4.79 Å². The van der Waals surface area contributed by atoms with E-state index >= 15 is 0 Å². The number of hydrogen-bond acceptors (Lipinski definition) is 7. The number of ether oxygens (including phenoxy) is 3. The highest BCUT2D eigenvalue weighted by Gasteiger charge is 2.48. The molecular formula is C32H46O7. The third kappa shape index (κ3) is 9.12. The van der Waals surface area contributed by atoms with Crippen molar-refractivity contribution in [3.05, 3.63) is 72.4 Å². The number of aliphatic hydroxyl groups excluding tert-OH is 3. The maximum absolute atomic E-state index is 12.8. The number of carbonyl (C=O) groups excluding carboxylic acids is 1. The Kier molecular flexibility index (Phi) is 12.4. The molecule has 8 atom stereocenters. The van der Waals surface area contributed by atoms with E-state index < -0.39 is 23.6 Å². The molecule has 3 rings (SSSR count). The van der Waals surface area contributed by atoms with E-state index in [1.807, 2.05) is 51.2 Å². The molecular weight excluding hydrogens is 496 g/mol. The second-order valence-electron chi connectivity index (χ2n) is 11.1. The number of hydrogen-bond donors (Lipinski definition) is 3. The molecule has 3 heterocycles. The van der Waals surface area contributed by atoms with E-state index in [9.17, 15) is 15.0 Å². The first-order valence-corrected chi connectivity index (χ1v) is 14.2. The summed E-state index contributed by atoms with van der Waals surface area (Å²) >= 11 is 0. The molecule has 0 spiro atoms. The van der Waals surface area contributed by atoms with Crippen molar-refractivity contribution in [1.82, 2.24) is 0 Å². The summed E-state index contributed by atoms with van der Waals surface area (Å²) in [7, 11) is 0. The van der Waals surface area contributed by atoms with Crippen molar-refractivity contribution in [3.63, 3.8) is 0 Å². The zero-order chi connectivity index (χ0) is 28.3. The van der Waals surface area contributed by atoms with Gasteiger partial charge in [0.1, 0.15) is 6.10 Å². The molecule has 0 amide bonds. The lowest BCUT2D eigenvalue weighted by Crippen LogP contribution is -2.55. The molecule has 2 saturated heterocycles. The van der Waals surface area contributed by atoms with Gasteiger partial charge >= 0.3 is 5.97 Å². The Labute approximate surface area is 233 Å². The second-order valence-corrected chi connectivity index (χ2v) is 11.1. The van der Waals surface area contributed by atoms with E-state index in [2.05, 4.69) is 18.2 Å². The van der Waals surface area contributed by atoms with Crippen LogP contribution in [0.5, 0.6) is 0 Å². The maximum atomic E-state index is 12.8. The fourth-order valence-electron chi connectivity index (χ4n) is 5.30. The summed E-state index contributed by atoms with van der Waals surface area (Å²) in [5.74, 6) is -0.465. The Morgan fingerprint density at radius 3 is 2.67 bits per heavy atom. The number of aliphatic hydroxyl groups is 3. The van der Waals surface area contributed by atoms with Crippen molar-refractivity contribution in [3.8, 4) is 0 Å². The van der Waals surface area contributed by atoms with E-state index in [-0.39, 0.29) is 43.5 Å². The smallest absolute Gasteiger partial charge is 0.331 e. The molecule has 4 bridgehead atoms. The van der Waals surface area contributed by atoms with Crippen molar-refractivity contribution >= 4 is 5.97 Å². The summed E-state index contributed by atoms with van der Waals surface area (Å²) in [6.07, 6.45) is 22.4. The average Bonchev–Trinajstić information content (AvgIpc) is 2.90. The van der Waals surface area contributed by atoms with Crippen molar-refractivity contribution in [1.29, 1.82) is 0 Å². The predicted molar refractivity (Wildman–Crippen MR) is 152 cm³/mol. The molecule has 0 aromatic carbocycles. The standard InChI is InChI=1S/C32H46O7/c1-23-13-7-4-8-15-26-21-30(32(3,22-34)29(38-26)16-10-6-12-18-33)39-31(36)17-11-5-9-14-25-20-27(35)24(2)28(19-23)37-25/h5-11,13,15,17,19,24-30,33-35H,4,12,14,16,18,20-22H2,1-3H3/b9-5+,10-6-,13-7+,15-8+,17-11+,23-19-.